The van der Waals surface area contributed by atoms with Gasteiger partial charge in [0, 0.05) is 0 Å². The predicted molar refractivity (Wildman–Crippen MR) is 79.5 cm³/mol. The molecule has 0 heterocycles. The Kier molecular flexibility index (Phi) is 4.28. The van der Waals surface area contributed by atoms with Gasteiger partial charge in [0.1, 0.15) is 5.82 Å². The first-order valence-electron chi connectivity index (χ1n) is 7.35. The van der Waals surface area contributed by atoms with Crippen LogP contribution in [-0.4, -0.2) is 30.3 Å². The van der Waals surface area contributed by atoms with Gasteiger partial charge in [-0.2, -0.15) is 0 Å². The normalized spacial score (nSPS) is 26.8. The van der Waals surface area contributed by atoms with Gasteiger partial charge in [0.2, 0.25) is 0 Å². The number of likely N-dealkylation sites (N-methyl/N-ethyl adjacent to an activating group) is 1. The van der Waals surface area contributed by atoms with Gasteiger partial charge >= 0.3 is 0 Å². The quantitative estimate of drug-likeness (QED) is 0.783. The summed E-state index contributed by atoms with van der Waals surface area (Å²) in [6.07, 6.45) is 3.68. The van der Waals surface area contributed by atoms with Gasteiger partial charge < -0.3 is 0 Å². The highest BCUT2D eigenvalue weighted by Crippen LogP contribution is 2.38. The molecule has 2 nitrogen and oxygen atoms in total. The summed E-state index contributed by atoms with van der Waals surface area (Å²) < 4.78 is 14.0. The van der Waals surface area contributed by atoms with Crippen molar-refractivity contribution >= 4 is 5.78 Å². The van der Waals surface area contributed by atoms with Crippen molar-refractivity contribution in [3.05, 3.63) is 35.1 Å². The number of rotatable bonds is 3. The fourth-order valence-electron chi connectivity index (χ4n) is 3.18. The van der Waals surface area contributed by atoms with Crippen molar-refractivity contribution < 1.29 is 9.18 Å². The highest BCUT2D eigenvalue weighted by molar-refractivity contribution is 6.03. The molecule has 0 N–H and O–H groups in total. The Labute approximate surface area is 121 Å². The first-order valence-corrected chi connectivity index (χ1v) is 7.35. The zero-order valence-corrected chi connectivity index (χ0v) is 12.9. The summed E-state index contributed by atoms with van der Waals surface area (Å²) in [5.74, 6) is 0.189. The molecule has 0 unspecified atom stereocenters. The molecular formula is C17H24FNO. The lowest BCUT2D eigenvalue weighted by atomic mass is 9.72. The van der Waals surface area contributed by atoms with E-state index in [9.17, 15) is 9.18 Å². The number of halogens is 1. The Bertz CT molecular complexity index is 502. The summed E-state index contributed by atoms with van der Waals surface area (Å²) in [6, 6.07) is 4.79. The molecule has 2 rings (SSSR count). The summed E-state index contributed by atoms with van der Waals surface area (Å²) >= 11 is 0. The zero-order valence-electron chi connectivity index (χ0n) is 12.9. The van der Waals surface area contributed by atoms with Gasteiger partial charge in [0.25, 0.3) is 0 Å². The maximum Gasteiger partial charge on any atom is 0.185 e. The van der Waals surface area contributed by atoms with E-state index in [0.717, 1.165) is 31.2 Å². The number of carbonyl (C=O) groups is 1. The Morgan fingerprint density at radius 2 is 1.90 bits per heavy atom. The van der Waals surface area contributed by atoms with Crippen LogP contribution in [0.15, 0.2) is 18.2 Å². The number of Topliss-reactive ketones (excluding diaryl/α,β-unsaturated/α-hetero) is 1. The van der Waals surface area contributed by atoms with Crippen LogP contribution in [0.3, 0.4) is 0 Å². The molecule has 0 spiro atoms. The van der Waals surface area contributed by atoms with E-state index in [1.807, 2.05) is 25.9 Å². The second-order valence-corrected chi connectivity index (χ2v) is 6.42. The second-order valence-electron chi connectivity index (χ2n) is 6.42. The third kappa shape index (κ3) is 2.64. The van der Waals surface area contributed by atoms with Crippen LogP contribution in [0.5, 0.6) is 0 Å². The van der Waals surface area contributed by atoms with Crippen LogP contribution >= 0.6 is 0 Å². The molecule has 1 aromatic rings. The minimum Gasteiger partial charge on any atom is -0.297 e. The molecule has 1 fully saturated rings. The summed E-state index contributed by atoms with van der Waals surface area (Å²) in [4.78, 5) is 15.0. The monoisotopic (exact) mass is 277 g/mol. The lowest BCUT2D eigenvalue weighted by molar-refractivity contribution is 0.0509. The summed E-state index contributed by atoms with van der Waals surface area (Å²) in [6.45, 7) is 4.11. The van der Waals surface area contributed by atoms with Crippen LogP contribution in [0.4, 0.5) is 4.39 Å². The largest absolute Gasteiger partial charge is 0.297 e. The molecule has 110 valence electrons. The van der Waals surface area contributed by atoms with Crippen molar-refractivity contribution in [2.75, 3.05) is 14.1 Å². The standard InChI is InChI=1S/C17H24FNO/c1-12-7-9-17(10-8-12,19(3)4)16(20)14-11-13(2)5-6-15(14)18/h5-6,11-12H,7-10H2,1-4H3. The van der Waals surface area contributed by atoms with E-state index in [-0.39, 0.29) is 11.3 Å². The van der Waals surface area contributed by atoms with Crippen LogP contribution in [0, 0.1) is 18.7 Å². The molecule has 0 bridgehead atoms. The van der Waals surface area contributed by atoms with Gasteiger partial charge in [-0.3, -0.25) is 9.69 Å². The minimum absolute atomic E-state index is 0.0596. The molecule has 0 aliphatic heterocycles. The molecule has 1 aliphatic rings. The molecule has 0 radical (unpaired) electrons. The Balaban J connectivity index is 2.39. The Morgan fingerprint density at radius 1 is 1.30 bits per heavy atom. The molecule has 0 aromatic heterocycles. The first kappa shape index (κ1) is 15.2. The molecule has 0 saturated heterocycles. The molecule has 20 heavy (non-hydrogen) atoms. The van der Waals surface area contributed by atoms with Crippen LogP contribution in [0.25, 0.3) is 0 Å². The van der Waals surface area contributed by atoms with E-state index in [1.54, 1.807) is 12.1 Å². The number of ketones is 1. The smallest absolute Gasteiger partial charge is 0.185 e. The van der Waals surface area contributed by atoms with E-state index in [4.69, 9.17) is 0 Å². The van der Waals surface area contributed by atoms with Gasteiger partial charge in [-0.05, 0) is 64.8 Å². The highest BCUT2D eigenvalue weighted by Gasteiger charge is 2.43. The Hall–Kier alpha value is -1.22. The SMILES string of the molecule is Cc1ccc(F)c(C(=O)C2(N(C)C)CCC(C)CC2)c1. The number of benzene rings is 1. The predicted octanol–water partition coefficient (Wildman–Crippen LogP) is 3.83. The van der Waals surface area contributed by atoms with E-state index in [1.165, 1.54) is 6.07 Å². The van der Waals surface area contributed by atoms with Gasteiger partial charge in [0.15, 0.2) is 5.78 Å². The fraction of sp³-hybridized carbons (Fsp3) is 0.588. The maximum absolute atomic E-state index is 14.0. The molecule has 1 saturated carbocycles. The van der Waals surface area contributed by atoms with E-state index in [0.29, 0.717) is 5.92 Å². The molecule has 0 amide bonds. The van der Waals surface area contributed by atoms with Crippen molar-refractivity contribution in [2.24, 2.45) is 5.92 Å². The molecular weight excluding hydrogens is 253 g/mol. The van der Waals surface area contributed by atoms with E-state index >= 15 is 0 Å². The van der Waals surface area contributed by atoms with Crippen LogP contribution < -0.4 is 0 Å². The van der Waals surface area contributed by atoms with Gasteiger partial charge in [-0.25, -0.2) is 4.39 Å². The van der Waals surface area contributed by atoms with Crippen molar-refractivity contribution in [3.8, 4) is 0 Å². The average Bonchev–Trinajstić information content (AvgIpc) is 2.41. The van der Waals surface area contributed by atoms with Crippen molar-refractivity contribution in [1.29, 1.82) is 0 Å². The van der Waals surface area contributed by atoms with Gasteiger partial charge in [-0.1, -0.05) is 18.6 Å². The number of hydrogen-bond acceptors (Lipinski definition) is 2. The average molecular weight is 277 g/mol. The molecule has 0 atom stereocenters. The van der Waals surface area contributed by atoms with Crippen LogP contribution in [0.1, 0.15) is 48.5 Å². The Morgan fingerprint density at radius 3 is 2.45 bits per heavy atom. The molecule has 1 aromatic carbocycles. The number of carbonyl (C=O) groups excluding carboxylic acids is 1. The second kappa shape index (κ2) is 5.65. The third-order valence-electron chi connectivity index (χ3n) is 4.75. The topological polar surface area (TPSA) is 20.3 Å². The van der Waals surface area contributed by atoms with Crippen molar-refractivity contribution in [2.45, 2.75) is 45.1 Å². The first-order chi connectivity index (χ1) is 9.36. The van der Waals surface area contributed by atoms with Crippen molar-refractivity contribution in [3.63, 3.8) is 0 Å². The highest BCUT2D eigenvalue weighted by atomic mass is 19.1. The minimum atomic E-state index is -0.541. The van der Waals surface area contributed by atoms with E-state index in [2.05, 4.69) is 6.92 Å². The van der Waals surface area contributed by atoms with Crippen molar-refractivity contribution in [1.82, 2.24) is 4.90 Å². The van der Waals surface area contributed by atoms with Crippen LogP contribution in [0.2, 0.25) is 0 Å². The lowest BCUT2D eigenvalue weighted by Gasteiger charge is -2.43. The summed E-state index contributed by atoms with van der Waals surface area (Å²) in [5.41, 5.74) is 0.627. The summed E-state index contributed by atoms with van der Waals surface area (Å²) in [7, 11) is 3.86. The number of aryl methyl sites for hydroxylation is 1. The fourth-order valence-corrected chi connectivity index (χ4v) is 3.18. The van der Waals surface area contributed by atoms with Gasteiger partial charge in [-0.15, -0.1) is 0 Å². The zero-order chi connectivity index (χ0) is 14.9. The molecule has 3 heteroatoms. The lowest BCUT2D eigenvalue weighted by Crippen LogP contribution is -2.53. The number of hydrogen-bond donors (Lipinski definition) is 0. The van der Waals surface area contributed by atoms with Gasteiger partial charge in [0.05, 0.1) is 11.1 Å². The van der Waals surface area contributed by atoms with Crippen LogP contribution in [-0.2, 0) is 0 Å². The third-order valence-corrected chi connectivity index (χ3v) is 4.75. The van der Waals surface area contributed by atoms with E-state index < -0.39 is 11.4 Å². The maximum atomic E-state index is 14.0. The summed E-state index contributed by atoms with van der Waals surface area (Å²) in [5, 5.41) is 0. The molecule has 1 aliphatic carbocycles. The number of nitrogens with zero attached hydrogens (tertiary/aromatic N) is 1.